The first-order chi connectivity index (χ1) is 9.06. The molecule has 1 aliphatic heterocycles. The van der Waals surface area contributed by atoms with Crippen molar-refractivity contribution >= 4 is 21.6 Å². The van der Waals surface area contributed by atoms with Crippen LogP contribution in [0, 0.1) is 5.92 Å². The lowest BCUT2D eigenvalue weighted by atomic mass is 10.0. The van der Waals surface area contributed by atoms with Gasteiger partial charge in [0.25, 0.3) is 0 Å². The van der Waals surface area contributed by atoms with Gasteiger partial charge in [0.05, 0.1) is 5.69 Å². The summed E-state index contributed by atoms with van der Waals surface area (Å²) in [5.74, 6) is 2.39. The maximum absolute atomic E-state index is 5.61. The Bertz CT molecular complexity index is 434. The maximum Gasteiger partial charge on any atom is 0.163 e. The second-order valence-corrected chi connectivity index (χ2v) is 6.35. The van der Waals surface area contributed by atoms with Crippen LogP contribution in [0.4, 0.5) is 5.69 Å². The van der Waals surface area contributed by atoms with Gasteiger partial charge in [0.15, 0.2) is 11.5 Å². The summed E-state index contributed by atoms with van der Waals surface area (Å²) in [4.78, 5) is 0. The van der Waals surface area contributed by atoms with E-state index in [0.29, 0.717) is 19.3 Å². The fourth-order valence-electron chi connectivity index (χ4n) is 2.10. The van der Waals surface area contributed by atoms with Crippen molar-refractivity contribution in [3.05, 3.63) is 16.6 Å². The van der Waals surface area contributed by atoms with Gasteiger partial charge in [0.2, 0.25) is 0 Å². The molecule has 1 N–H and O–H groups in total. The third kappa shape index (κ3) is 4.03. The fourth-order valence-corrected chi connectivity index (χ4v) is 2.53. The molecule has 1 aromatic carbocycles. The van der Waals surface area contributed by atoms with Crippen LogP contribution in [0.1, 0.15) is 33.6 Å². The van der Waals surface area contributed by atoms with Gasteiger partial charge in [0.1, 0.15) is 13.2 Å². The highest BCUT2D eigenvalue weighted by Crippen LogP contribution is 2.38. The number of hydrogen-bond acceptors (Lipinski definition) is 3. The summed E-state index contributed by atoms with van der Waals surface area (Å²) < 4.78 is 12.2. The predicted molar refractivity (Wildman–Crippen MR) is 82.3 cm³/mol. The van der Waals surface area contributed by atoms with E-state index >= 15 is 0 Å². The number of ether oxygens (including phenoxy) is 2. The van der Waals surface area contributed by atoms with E-state index in [1.165, 1.54) is 12.8 Å². The van der Waals surface area contributed by atoms with Crippen LogP contribution in [-0.4, -0.2) is 19.3 Å². The van der Waals surface area contributed by atoms with Gasteiger partial charge >= 0.3 is 0 Å². The van der Waals surface area contributed by atoms with E-state index in [4.69, 9.17) is 9.47 Å². The summed E-state index contributed by atoms with van der Waals surface area (Å²) in [5, 5.41) is 3.53. The molecule has 1 atom stereocenters. The van der Waals surface area contributed by atoms with Gasteiger partial charge in [-0.25, -0.2) is 0 Å². The second kappa shape index (κ2) is 6.51. The van der Waals surface area contributed by atoms with E-state index in [1.807, 2.05) is 12.1 Å². The zero-order valence-electron chi connectivity index (χ0n) is 11.8. The lowest BCUT2D eigenvalue weighted by Gasteiger charge is -2.22. The zero-order valence-corrected chi connectivity index (χ0v) is 13.4. The molecule has 0 bridgehead atoms. The number of hydrogen-bond donors (Lipinski definition) is 1. The average Bonchev–Trinajstić information content (AvgIpc) is 2.37. The minimum Gasteiger partial charge on any atom is -0.486 e. The van der Waals surface area contributed by atoms with E-state index < -0.39 is 0 Å². The van der Waals surface area contributed by atoms with Crippen LogP contribution in [0.3, 0.4) is 0 Å². The largest absolute Gasteiger partial charge is 0.486 e. The summed E-state index contributed by atoms with van der Waals surface area (Å²) in [6, 6.07) is 4.44. The van der Waals surface area contributed by atoms with Gasteiger partial charge in [-0.05, 0) is 41.6 Å². The van der Waals surface area contributed by atoms with Crippen LogP contribution in [0.25, 0.3) is 0 Å². The minimum absolute atomic E-state index is 0.446. The van der Waals surface area contributed by atoms with Crippen molar-refractivity contribution in [2.24, 2.45) is 5.92 Å². The van der Waals surface area contributed by atoms with Crippen LogP contribution in [-0.2, 0) is 0 Å². The van der Waals surface area contributed by atoms with Gasteiger partial charge in [-0.3, -0.25) is 0 Å². The molecule has 1 aromatic rings. The number of nitrogens with one attached hydrogen (secondary N) is 1. The molecule has 0 saturated heterocycles. The van der Waals surface area contributed by atoms with Crippen molar-refractivity contribution in [2.75, 3.05) is 18.5 Å². The van der Waals surface area contributed by atoms with Crippen molar-refractivity contribution in [3.8, 4) is 11.5 Å². The highest BCUT2D eigenvalue weighted by Gasteiger charge is 2.15. The Morgan fingerprint density at radius 3 is 2.37 bits per heavy atom. The molecular formula is C15H22BrNO2. The zero-order chi connectivity index (χ0) is 13.8. The predicted octanol–water partition coefficient (Wildman–Crippen LogP) is 4.46. The van der Waals surface area contributed by atoms with Gasteiger partial charge in [-0.1, -0.05) is 13.8 Å². The van der Waals surface area contributed by atoms with Crippen molar-refractivity contribution in [2.45, 2.75) is 39.7 Å². The average molecular weight is 328 g/mol. The molecule has 0 aliphatic carbocycles. The Balaban J connectivity index is 2.03. The molecule has 0 amide bonds. The summed E-state index contributed by atoms with van der Waals surface area (Å²) in [5.41, 5.74) is 1.07. The third-order valence-corrected chi connectivity index (χ3v) is 3.87. The first-order valence-corrected chi connectivity index (χ1v) is 7.71. The molecule has 4 heteroatoms. The molecule has 1 heterocycles. The quantitative estimate of drug-likeness (QED) is 0.866. The molecule has 0 spiro atoms. The van der Waals surface area contributed by atoms with Crippen molar-refractivity contribution < 1.29 is 9.47 Å². The van der Waals surface area contributed by atoms with Crippen molar-refractivity contribution in [1.29, 1.82) is 0 Å². The van der Waals surface area contributed by atoms with E-state index in [1.54, 1.807) is 0 Å². The van der Waals surface area contributed by atoms with Gasteiger partial charge in [-0.2, -0.15) is 0 Å². The molecule has 19 heavy (non-hydrogen) atoms. The Labute approximate surface area is 123 Å². The molecule has 2 rings (SSSR count). The van der Waals surface area contributed by atoms with E-state index in [9.17, 15) is 0 Å². The van der Waals surface area contributed by atoms with Crippen LogP contribution >= 0.6 is 15.9 Å². The lowest BCUT2D eigenvalue weighted by Crippen LogP contribution is -2.18. The summed E-state index contributed by atoms with van der Waals surface area (Å²) in [7, 11) is 0. The normalized spacial score (nSPS) is 15.4. The van der Waals surface area contributed by atoms with Crippen LogP contribution in [0.2, 0.25) is 0 Å². The minimum atomic E-state index is 0.446. The molecule has 3 nitrogen and oxygen atoms in total. The standard InChI is InChI=1S/C15H22BrNO2/c1-10(2)4-5-11(3)17-13-9-15-14(8-12(13)16)18-6-7-19-15/h8-11,17H,4-7H2,1-3H3. The first kappa shape index (κ1) is 14.5. The van der Waals surface area contributed by atoms with E-state index in [0.717, 1.165) is 27.6 Å². The Hall–Kier alpha value is -0.900. The molecule has 106 valence electrons. The third-order valence-electron chi connectivity index (χ3n) is 3.21. The molecule has 0 radical (unpaired) electrons. The van der Waals surface area contributed by atoms with Crippen LogP contribution in [0.15, 0.2) is 16.6 Å². The van der Waals surface area contributed by atoms with Gasteiger partial charge in [-0.15, -0.1) is 0 Å². The smallest absolute Gasteiger partial charge is 0.163 e. The van der Waals surface area contributed by atoms with Gasteiger partial charge < -0.3 is 14.8 Å². The van der Waals surface area contributed by atoms with E-state index in [2.05, 4.69) is 42.0 Å². The molecule has 0 saturated carbocycles. The van der Waals surface area contributed by atoms with Crippen molar-refractivity contribution in [1.82, 2.24) is 0 Å². The second-order valence-electron chi connectivity index (χ2n) is 5.49. The SMILES string of the molecule is CC(C)CCC(C)Nc1cc2c(cc1Br)OCCO2. The molecule has 1 unspecified atom stereocenters. The van der Waals surface area contributed by atoms with Crippen LogP contribution < -0.4 is 14.8 Å². The maximum atomic E-state index is 5.61. The molecule has 0 aromatic heterocycles. The number of fused-ring (bicyclic) bond motifs is 1. The highest BCUT2D eigenvalue weighted by molar-refractivity contribution is 9.10. The Morgan fingerprint density at radius 1 is 1.11 bits per heavy atom. The number of benzene rings is 1. The monoisotopic (exact) mass is 327 g/mol. The first-order valence-electron chi connectivity index (χ1n) is 6.92. The number of rotatable bonds is 5. The van der Waals surface area contributed by atoms with E-state index in [-0.39, 0.29) is 0 Å². The molecular weight excluding hydrogens is 306 g/mol. The Morgan fingerprint density at radius 2 is 1.74 bits per heavy atom. The summed E-state index contributed by atoms with van der Waals surface area (Å²) in [6.07, 6.45) is 2.40. The Kier molecular flexibility index (Phi) is 4.97. The number of halogens is 1. The summed E-state index contributed by atoms with van der Waals surface area (Å²) in [6.45, 7) is 7.97. The van der Waals surface area contributed by atoms with Gasteiger partial charge in [0, 0.05) is 22.6 Å². The number of anilines is 1. The molecule has 0 fully saturated rings. The topological polar surface area (TPSA) is 30.5 Å². The van der Waals surface area contributed by atoms with Crippen molar-refractivity contribution in [3.63, 3.8) is 0 Å². The lowest BCUT2D eigenvalue weighted by molar-refractivity contribution is 0.171. The molecule has 1 aliphatic rings. The van der Waals surface area contributed by atoms with Crippen LogP contribution in [0.5, 0.6) is 11.5 Å². The fraction of sp³-hybridized carbons (Fsp3) is 0.600. The summed E-state index contributed by atoms with van der Waals surface area (Å²) >= 11 is 3.59. The highest BCUT2D eigenvalue weighted by atomic mass is 79.9.